The Morgan fingerprint density at radius 1 is 1.00 bits per heavy atom. The minimum atomic E-state index is -1.92. The second-order valence-corrected chi connectivity index (χ2v) is 8.04. The maximum Gasteiger partial charge on any atom is 0.223 e. The molecule has 0 aromatic rings. The SMILES string of the molecule is C[SiH](O[SiH](C)C(O)OCN)C(O)OCN. The molecule has 0 spiro atoms. The Morgan fingerprint density at radius 3 is 1.60 bits per heavy atom. The normalized spacial score (nSPS) is 19.6. The van der Waals surface area contributed by atoms with Crippen molar-refractivity contribution in [3.05, 3.63) is 0 Å². The predicted molar refractivity (Wildman–Crippen MR) is 59.4 cm³/mol. The van der Waals surface area contributed by atoms with E-state index in [0.717, 1.165) is 0 Å². The predicted octanol–water partition coefficient (Wildman–Crippen LogP) is -2.71. The molecule has 0 aliphatic rings. The van der Waals surface area contributed by atoms with Crippen molar-refractivity contribution < 1.29 is 23.8 Å². The van der Waals surface area contributed by atoms with E-state index in [0.29, 0.717) is 0 Å². The lowest BCUT2D eigenvalue weighted by atomic mass is 11.3. The molecule has 0 heterocycles. The molecule has 0 aliphatic carbocycles. The molecule has 0 saturated heterocycles. The van der Waals surface area contributed by atoms with E-state index in [4.69, 9.17) is 25.1 Å². The minimum Gasteiger partial charge on any atom is -0.453 e. The lowest BCUT2D eigenvalue weighted by Gasteiger charge is -2.24. The van der Waals surface area contributed by atoms with Crippen molar-refractivity contribution in [2.24, 2.45) is 11.5 Å². The molecule has 0 bridgehead atoms. The Labute approximate surface area is 92.4 Å². The number of hydrogen-bond donors (Lipinski definition) is 4. The first-order chi connectivity index (χ1) is 7.02. The Kier molecular flexibility index (Phi) is 8.41. The number of nitrogens with two attached hydrogens (primary N) is 2. The number of ether oxygens (including phenoxy) is 2. The van der Waals surface area contributed by atoms with E-state index in [9.17, 15) is 10.2 Å². The lowest BCUT2D eigenvalue weighted by molar-refractivity contribution is -0.0566. The highest BCUT2D eigenvalue weighted by Gasteiger charge is 2.25. The Morgan fingerprint density at radius 2 is 1.33 bits per heavy atom. The van der Waals surface area contributed by atoms with Crippen molar-refractivity contribution in [2.45, 2.75) is 24.9 Å². The van der Waals surface area contributed by atoms with Crippen LogP contribution in [-0.2, 0) is 13.6 Å². The van der Waals surface area contributed by atoms with Gasteiger partial charge >= 0.3 is 0 Å². The molecule has 15 heavy (non-hydrogen) atoms. The summed E-state index contributed by atoms with van der Waals surface area (Å²) >= 11 is 0. The standard InChI is InChI=1S/C6H20N2O5Si2/c1-14(5(9)11-3-7)13-15(2)6(10)12-4-8/h5-6,9-10,14-15H,3-4,7-8H2,1-2H3. The Bertz CT molecular complexity index is 150. The molecule has 0 aliphatic heterocycles. The van der Waals surface area contributed by atoms with Gasteiger partial charge in [-0.25, -0.2) is 0 Å². The number of rotatable bonds is 8. The topological polar surface area (TPSA) is 120 Å². The van der Waals surface area contributed by atoms with Gasteiger partial charge in [-0.1, -0.05) is 0 Å². The van der Waals surface area contributed by atoms with Crippen LogP contribution in [0.4, 0.5) is 0 Å². The summed E-state index contributed by atoms with van der Waals surface area (Å²) in [6.45, 7) is 3.41. The first-order valence-electron chi connectivity index (χ1n) is 4.67. The molecule has 0 amide bonds. The summed E-state index contributed by atoms with van der Waals surface area (Å²) in [7, 11) is -3.84. The van der Waals surface area contributed by atoms with Crippen molar-refractivity contribution in [1.82, 2.24) is 0 Å². The molecule has 9 heteroatoms. The lowest BCUT2D eigenvalue weighted by Crippen LogP contribution is -2.44. The third-order valence-electron chi connectivity index (χ3n) is 1.77. The fraction of sp³-hybridized carbons (Fsp3) is 1.00. The van der Waals surface area contributed by atoms with E-state index < -0.39 is 29.9 Å². The summed E-state index contributed by atoms with van der Waals surface area (Å²) in [6.07, 6.45) is 0. The number of aliphatic hydroxyl groups excluding tert-OH is 2. The van der Waals surface area contributed by atoms with E-state index in [1.807, 2.05) is 0 Å². The third kappa shape index (κ3) is 6.34. The molecule has 0 radical (unpaired) electrons. The van der Waals surface area contributed by atoms with Crippen molar-refractivity contribution >= 4 is 18.1 Å². The first kappa shape index (κ1) is 15.2. The summed E-state index contributed by atoms with van der Waals surface area (Å²) < 4.78 is 15.1. The van der Waals surface area contributed by atoms with Gasteiger partial charge in [0.2, 0.25) is 18.1 Å². The highest BCUT2D eigenvalue weighted by atomic mass is 28.4. The van der Waals surface area contributed by atoms with E-state index in [2.05, 4.69) is 0 Å². The monoisotopic (exact) mass is 256 g/mol. The van der Waals surface area contributed by atoms with Gasteiger partial charge in [-0.05, 0) is 13.1 Å². The van der Waals surface area contributed by atoms with Gasteiger partial charge in [0.25, 0.3) is 0 Å². The smallest absolute Gasteiger partial charge is 0.223 e. The zero-order valence-electron chi connectivity index (χ0n) is 9.00. The van der Waals surface area contributed by atoms with Crippen LogP contribution >= 0.6 is 0 Å². The van der Waals surface area contributed by atoms with Crippen molar-refractivity contribution in [3.8, 4) is 0 Å². The van der Waals surface area contributed by atoms with Crippen LogP contribution in [0.1, 0.15) is 0 Å². The maximum atomic E-state index is 9.39. The third-order valence-corrected chi connectivity index (χ3v) is 7.19. The van der Waals surface area contributed by atoms with Crippen LogP contribution in [0, 0.1) is 0 Å². The second kappa shape index (κ2) is 8.32. The summed E-state index contributed by atoms with van der Waals surface area (Å²) in [6, 6.07) is 0. The molecule has 0 aromatic carbocycles. The molecule has 4 unspecified atom stereocenters. The quantitative estimate of drug-likeness (QED) is 0.275. The van der Waals surface area contributed by atoms with Crippen LogP contribution in [0.5, 0.6) is 0 Å². The van der Waals surface area contributed by atoms with Gasteiger partial charge in [0.15, 0.2) is 11.8 Å². The van der Waals surface area contributed by atoms with Gasteiger partial charge in [0, 0.05) is 0 Å². The van der Waals surface area contributed by atoms with Gasteiger partial charge in [-0.15, -0.1) is 0 Å². The van der Waals surface area contributed by atoms with Gasteiger partial charge in [-0.3, -0.25) is 0 Å². The highest BCUT2D eigenvalue weighted by molar-refractivity contribution is 6.65. The summed E-state index contributed by atoms with van der Waals surface area (Å²) in [5, 5.41) is 18.8. The van der Waals surface area contributed by atoms with Gasteiger partial charge < -0.3 is 35.3 Å². The van der Waals surface area contributed by atoms with E-state index >= 15 is 0 Å². The molecule has 0 fully saturated rings. The van der Waals surface area contributed by atoms with Crippen molar-refractivity contribution in [3.63, 3.8) is 0 Å². The van der Waals surface area contributed by atoms with Crippen LogP contribution in [0.15, 0.2) is 0 Å². The van der Waals surface area contributed by atoms with Crippen molar-refractivity contribution in [2.75, 3.05) is 13.5 Å². The van der Waals surface area contributed by atoms with Crippen LogP contribution in [0.25, 0.3) is 0 Å². The molecule has 0 aromatic heterocycles. The van der Waals surface area contributed by atoms with Crippen LogP contribution in [0.2, 0.25) is 13.1 Å². The highest BCUT2D eigenvalue weighted by Crippen LogP contribution is 2.02. The molecule has 6 N–H and O–H groups in total. The molecular weight excluding hydrogens is 236 g/mol. The maximum absolute atomic E-state index is 9.39. The fourth-order valence-corrected chi connectivity index (χ4v) is 5.49. The molecule has 7 nitrogen and oxygen atoms in total. The van der Waals surface area contributed by atoms with Gasteiger partial charge in [0.1, 0.15) is 0 Å². The minimum absolute atomic E-state index is 0.0559. The molecule has 92 valence electrons. The van der Waals surface area contributed by atoms with E-state index in [1.54, 1.807) is 13.1 Å². The average molecular weight is 256 g/mol. The second-order valence-electron chi connectivity index (χ2n) is 2.99. The van der Waals surface area contributed by atoms with Crippen LogP contribution in [-0.4, -0.2) is 53.6 Å². The molecule has 0 saturated carbocycles. The van der Waals surface area contributed by atoms with E-state index in [-0.39, 0.29) is 13.5 Å². The first-order valence-corrected chi connectivity index (χ1v) is 9.26. The Hall–Kier alpha value is 0.154. The number of aliphatic hydroxyl groups is 2. The molecule has 0 rings (SSSR count). The zero-order chi connectivity index (χ0) is 11.8. The van der Waals surface area contributed by atoms with Crippen LogP contribution < -0.4 is 11.5 Å². The Balaban J connectivity index is 3.88. The van der Waals surface area contributed by atoms with Gasteiger partial charge in [0.05, 0.1) is 13.5 Å². The fourth-order valence-electron chi connectivity index (χ4n) is 0.941. The summed E-state index contributed by atoms with van der Waals surface area (Å²) in [5.74, 6) is -1.93. The van der Waals surface area contributed by atoms with Crippen molar-refractivity contribution in [1.29, 1.82) is 0 Å². The summed E-state index contributed by atoms with van der Waals surface area (Å²) in [5.41, 5.74) is 10.2. The van der Waals surface area contributed by atoms with E-state index in [1.165, 1.54) is 0 Å². The summed E-state index contributed by atoms with van der Waals surface area (Å²) in [4.78, 5) is 0. The van der Waals surface area contributed by atoms with Gasteiger partial charge in [-0.2, -0.15) is 0 Å². The molecular formula is C6H20N2O5Si2. The molecule has 4 atom stereocenters. The average Bonchev–Trinajstić information content (AvgIpc) is 2.18. The largest absolute Gasteiger partial charge is 0.453 e. The zero-order valence-corrected chi connectivity index (χ0v) is 11.3. The van der Waals surface area contributed by atoms with Crippen LogP contribution in [0.3, 0.4) is 0 Å². The number of hydrogen-bond acceptors (Lipinski definition) is 7.